The third-order valence-electron chi connectivity index (χ3n) is 7.80. The van der Waals surface area contributed by atoms with Gasteiger partial charge in [-0.1, -0.05) is 13.8 Å². The summed E-state index contributed by atoms with van der Waals surface area (Å²) in [6, 6.07) is 0. The predicted octanol–water partition coefficient (Wildman–Crippen LogP) is 3.97. The normalized spacial score (nSPS) is 48.0. The second-order valence-electron chi connectivity index (χ2n) is 8.50. The zero-order valence-corrected chi connectivity index (χ0v) is 13.7. The first-order valence-corrected chi connectivity index (χ1v) is 8.87. The average molecular weight is 302 g/mol. The summed E-state index contributed by atoms with van der Waals surface area (Å²) < 4.78 is 0. The van der Waals surface area contributed by atoms with E-state index in [4.69, 9.17) is 0 Å². The molecule has 4 aliphatic rings. The van der Waals surface area contributed by atoms with Gasteiger partial charge in [0, 0.05) is 18.3 Å². The number of rotatable bonds is 0. The largest absolute Gasteiger partial charge is 0.504 e. The molecule has 1 unspecified atom stereocenters. The van der Waals surface area contributed by atoms with Crippen molar-refractivity contribution >= 4 is 11.6 Å². The van der Waals surface area contributed by atoms with Gasteiger partial charge in [0.15, 0.2) is 11.5 Å². The van der Waals surface area contributed by atoms with Gasteiger partial charge in [-0.2, -0.15) is 0 Å². The first-order chi connectivity index (χ1) is 10.4. The third kappa shape index (κ3) is 1.63. The lowest BCUT2D eigenvalue weighted by Crippen LogP contribution is -2.51. The Morgan fingerprint density at radius 3 is 2.41 bits per heavy atom. The van der Waals surface area contributed by atoms with Crippen molar-refractivity contribution < 1.29 is 14.7 Å². The van der Waals surface area contributed by atoms with Gasteiger partial charge < -0.3 is 5.11 Å². The highest BCUT2D eigenvalue weighted by atomic mass is 16.3. The molecule has 0 amide bonds. The van der Waals surface area contributed by atoms with Gasteiger partial charge in [0.1, 0.15) is 5.78 Å². The van der Waals surface area contributed by atoms with Gasteiger partial charge in [0.05, 0.1) is 0 Å². The maximum absolute atomic E-state index is 12.4. The van der Waals surface area contributed by atoms with Crippen LogP contribution < -0.4 is 0 Å². The van der Waals surface area contributed by atoms with Crippen LogP contribution in [0.2, 0.25) is 0 Å². The first kappa shape index (κ1) is 14.5. The van der Waals surface area contributed by atoms with Crippen LogP contribution >= 0.6 is 0 Å². The van der Waals surface area contributed by atoms with Crippen molar-refractivity contribution in [3.8, 4) is 0 Å². The molecule has 0 aliphatic heterocycles. The molecule has 0 heterocycles. The number of carbonyl (C=O) groups is 2. The number of Topliss-reactive ketones (excluding diaryl/α,β-unsaturated/α-hetero) is 2. The van der Waals surface area contributed by atoms with Crippen LogP contribution in [-0.4, -0.2) is 16.7 Å². The van der Waals surface area contributed by atoms with Gasteiger partial charge >= 0.3 is 0 Å². The van der Waals surface area contributed by atoms with Gasteiger partial charge in [-0.25, -0.2) is 0 Å². The van der Waals surface area contributed by atoms with Gasteiger partial charge in [0.2, 0.25) is 0 Å². The lowest BCUT2D eigenvalue weighted by Gasteiger charge is -2.56. The topological polar surface area (TPSA) is 54.4 Å². The van der Waals surface area contributed by atoms with Crippen LogP contribution in [0.25, 0.3) is 0 Å². The summed E-state index contributed by atoms with van der Waals surface area (Å²) in [4.78, 5) is 24.2. The maximum atomic E-state index is 12.4. The molecule has 120 valence electrons. The Bertz CT molecular complexity index is 589. The molecule has 4 aliphatic carbocycles. The minimum atomic E-state index is -0.0920. The molecule has 0 aromatic rings. The number of carbonyl (C=O) groups excluding carboxylic acids is 2. The fourth-order valence-electron chi connectivity index (χ4n) is 6.46. The summed E-state index contributed by atoms with van der Waals surface area (Å²) in [5.74, 6) is 2.14. The maximum Gasteiger partial charge on any atom is 0.197 e. The average Bonchev–Trinajstić information content (AvgIpc) is 2.79. The van der Waals surface area contributed by atoms with Crippen molar-refractivity contribution in [1.82, 2.24) is 0 Å². The molecule has 3 fully saturated rings. The molecule has 0 bridgehead atoms. The van der Waals surface area contributed by atoms with E-state index in [2.05, 4.69) is 13.8 Å². The quantitative estimate of drug-likeness (QED) is 0.736. The van der Waals surface area contributed by atoms with Crippen molar-refractivity contribution in [2.45, 2.75) is 65.2 Å². The monoisotopic (exact) mass is 302 g/mol. The summed E-state index contributed by atoms with van der Waals surface area (Å²) in [6.45, 7) is 4.46. The third-order valence-corrected chi connectivity index (χ3v) is 7.80. The SMILES string of the molecule is C[C@]12CCC(=O)C(O)=C1CC[C@H]1C3CCC(=O)[C@@]3(C)CC[C@@H]12. The lowest BCUT2D eigenvalue weighted by atomic mass is 9.47. The number of hydrogen-bond acceptors (Lipinski definition) is 3. The molecule has 1 N–H and O–H groups in total. The van der Waals surface area contributed by atoms with E-state index in [-0.39, 0.29) is 22.4 Å². The second kappa shape index (κ2) is 4.46. The number of ketones is 2. The zero-order chi connectivity index (χ0) is 15.7. The minimum Gasteiger partial charge on any atom is -0.504 e. The van der Waals surface area contributed by atoms with Crippen LogP contribution in [0.15, 0.2) is 11.3 Å². The van der Waals surface area contributed by atoms with Crippen molar-refractivity contribution in [1.29, 1.82) is 0 Å². The van der Waals surface area contributed by atoms with E-state index in [1.807, 2.05) is 0 Å². The molecule has 5 atom stereocenters. The number of fused-ring (bicyclic) bond motifs is 5. The van der Waals surface area contributed by atoms with Crippen LogP contribution in [-0.2, 0) is 9.59 Å². The number of aliphatic hydroxyl groups is 1. The van der Waals surface area contributed by atoms with E-state index in [0.717, 1.165) is 50.5 Å². The van der Waals surface area contributed by atoms with Crippen LogP contribution in [0.1, 0.15) is 65.2 Å². The van der Waals surface area contributed by atoms with E-state index >= 15 is 0 Å². The van der Waals surface area contributed by atoms with Crippen LogP contribution in [0.5, 0.6) is 0 Å². The van der Waals surface area contributed by atoms with E-state index in [0.29, 0.717) is 30.0 Å². The summed E-state index contributed by atoms with van der Waals surface area (Å²) in [5.41, 5.74) is 0.914. The molecule has 3 heteroatoms. The molecule has 0 aromatic heterocycles. The van der Waals surface area contributed by atoms with Crippen LogP contribution in [0, 0.1) is 28.6 Å². The predicted molar refractivity (Wildman–Crippen MR) is 83.3 cm³/mol. The highest BCUT2D eigenvalue weighted by molar-refractivity contribution is 5.95. The van der Waals surface area contributed by atoms with Gasteiger partial charge in [-0.3, -0.25) is 9.59 Å². The van der Waals surface area contributed by atoms with Crippen molar-refractivity contribution in [2.24, 2.45) is 28.6 Å². The smallest absolute Gasteiger partial charge is 0.197 e. The van der Waals surface area contributed by atoms with Crippen LogP contribution in [0.3, 0.4) is 0 Å². The molecule has 0 radical (unpaired) electrons. The van der Waals surface area contributed by atoms with E-state index in [1.165, 1.54) is 0 Å². The van der Waals surface area contributed by atoms with Gasteiger partial charge in [-0.15, -0.1) is 0 Å². The minimum absolute atomic E-state index is 0.0200. The lowest BCUT2D eigenvalue weighted by molar-refractivity contribution is -0.133. The number of allylic oxidation sites excluding steroid dienone is 1. The van der Waals surface area contributed by atoms with Crippen LogP contribution in [0.4, 0.5) is 0 Å². The molecule has 0 spiro atoms. The fourth-order valence-corrected chi connectivity index (χ4v) is 6.46. The van der Waals surface area contributed by atoms with E-state index < -0.39 is 0 Å². The highest BCUT2D eigenvalue weighted by Gasteiger charge is 2.59. The Kier molecular flexibility index (Phi) is 2.93. The van der Waals surface area contributed by atoms with E-state index in [9.17, 15) is 14.7 Å². The van der Waals surface area contributed by atoms with Gasteiger partial charge in [0.25, 0.3) is 0 Å². The number of aliphatic hydroxyl groups excluding tert-OH is 1. The Morgan fingerprint density at radius 1 is 0.909 bits per heavy atom. The number of hydrogen-bond donors (Lipinski definition) is 1. The van der Waals surface area contributed by atoms with Crippen molar-refractivity contribution in [3.05, 3.63) is 11.3 Å². The molecule has 4 rings (SSSR count). The summed E-state index contributed by atoms with van der Waals surface area (Å²) >= 11 is 0. The summed E-state index contributed by atoms with van der Waals surface area (Å²) in [5, 5.41) is 10.3. The fraction of sp³-hybridized carbons (Fsp3) is 0.789. The van der Waals surface area contributed by atoms with Crippen molar-refractivity contribution in [2.75, 3.05) is 0 Å². The molecular weight excluding hydrogens is 276 g/mol. The molecule has 22 heavy (non-hydrogen) atoms. The molecular formula is C19H26O3. The molecule has 0 saturated heterocycles. The molecule has 3 nitrogen and oxygen atoms in total. The van der Waals surface area contributed by atoms with Gasteiger partial charge in [-0.05, 0) is 67.3 Å². The zero-order valence-electron chi connectivity index (χ0n) is 13.7. The molecule has 3 saturated carbocycles. The Balaban J connectivity index is 1.73. The standard InChI is InChI=1S/C19H26O3/c1-18-10-8-15(20)17(22)14(18)4-3-11-12-5-6-16(21)19(12,2)9-7-13(11)18/h11-13,22H,3-10H2,1-2H3/t11-,12?,13-,18+,19-/m0/s1. The second-order valence-corrected chi connectivity index (χ2v) is 8.50. The Labute approximate surface area is 132 Å². The highest BCUT2D eigenvalue weighted by Crippen LogP contribution is 2.64. The summed E-state index contributed by atoms with van der Waals surface area (Å²) in [6.07, 6.45) is 7.13. The first-order valence-electron chi connectivity index (χ1n) is 8.87. The Hall–Kier alpha value is -1.12. The molecule has 0 aromatic carbocycles. The van der Waals surface area contributed by atoms with Crippen molar-refractivity contribution in [3.63, 3.8) is 0 Å². The Morgan fingerprint density at radius 2 is 1.64 bits per heavy atom. The summed E-state index contributed by atoms with van der Waals surface area (Å²) in [7, 11) is 0. The van der Waals surface area contributed by atoms with E-state index in [1.54, 1.807) is 0 Å².